The molecule has 0 spiro atoms. The Kier molecular flexibility index (Phi) is 5.41. The molecule has 7 heteroatoms. The minimum Gasteiger partial charge on any atom is -0.480 e. The van der Waals surface area contributed by atoms with Gasteiger partial charge in [-0.2, -0.15) is 0 Å². The van der Waals surface area contributed by atoms with Crippen LogP contribution in [0.5, 0.6) is 0 Å². The van der Waals surface area contributed by atoms with E-state index in [1.165, 1.54) is 4.90 Å². The third kappa shape index (κ3) is 3.85. The Morgan fingerprint density at radius 3 is 2.81 bits per heavy atom. The molecule has 3 unspecified atom stereocenters. The van der Waals surface area contributed by atoms with E-state index >= 15 is 0 Å². The smallest absolute Gasteiger partial charge is 0.326 e. The van der Waals surface area contributed by atoms with E-state index in [0.29, 0.717) is 32.0 Å². The summed E-state index contributed by atoms with van der Waals surface area (Å²) in [5, 5.41) is 9.26. The number of aliphatic carboxylic acids is 1. The number of carbonyl (C=O) groups is 2. The highest BCUT2D eigenvalue weighted by Gasteiger charge is 2.41. The van der Waals surface area contributed by atoms with Crippen LogP contribution in [0.25, 0.3) is 0 Å². The van der Waals surface area contributed by atoms with Crippen molar-refractivity contribution in [1.29, 1.82) is 0 Å². The van der Waals surface area contributed by atoms with Gasteiger partial charge in [-0.15, -0.1) is 0 Å². The van der Waals surface area contributed by atoms with Gasteiger partial charge in [0.2, 0.25) is 0 Å². The number of methoxy groups -OCH3 is 1. The van der Waals surface area contributed by atoms with E-state index in [1.54, 1.807) is 19.1 Å². The molecule has 2 aliphatic heterocycles. The van der Waals surface area contributed by atoms with Crippen LogP contribution in [-0.4, -0.2) is 79.5 Å². The summed E-state index contributed by atoms with van der Waals surface area (Å²) >= 11 is 0. The fraction of sp³-hybridized carbons (Fsp3) is 0.857. The molecule has 7 nitrogen and oxygen atoms in total. The first kappa shape index (κ1) is 16.0. The van der Waals surface area contributed by atoms with Crippen LogP contribution in [0.2, 0.25) is 0 Å². The third-order valence-electron chi connectivity index (χ3n) is 4.24. The number of carboxylic acid groups (broad SMARTS) is 1. The van der Waals surface area contributed by atoms with Crippen molar-refractivity contribution in [3.63, 3.8) is 0 Å². The summed E-state index contributed by atoms with van der Waals surface area (Å²) in [5.74, 6) is -0.644. The number of amides is 2. The van der Waals surface area contributed by atoms with E-state index in [1.807, 2.05) is 0 Å². The normalized spacial score (nSPS) is 29.4. The van der Waals surface area contributed by atoms with E-state index in [0.717, 1.165) is 19.4 Å². The van der Waals surface area contributed by atoms with Gasteiger partial charge < -0.3 is 24.4 Å². The lowest BCUT2D eigenvalue weighted by Gasteiger charge is -2.31. The molecule has 2 saturated heterocycles. The molecule has 0 aromatic carbocycles. The van der Waals surface area contributed by atoms with E-state index < -0.39 is 12.0 Å². The van der Waals surface area contributed by atoms with E-state index in [4.69, 9.17) is 9.47 Å². The average molecular weight is 300 g/mol. The van der Waals surface area contributed by atoms with Gasteiger partial charge in [0.05, 0.1) is 12.7 Å². The summed E-state index contributed by atoms with van der Waals surface area (Å²) < 4.78 is 10.6. The van der Waals surface area contributed by atoms with E-state index in [-0.39, 0.29) is 12.1 Å². The van der Waals surface area contributed by atoms with Crippen molar-refractivity contribution in [2.75, 3.05) is 40.5 Å². The maximum Gasteiger partial charge on any atom is 0.326 e. The first-order valence-corrected chi connectivity index (χ1v) is 7.38. The minimum absolute atomic E-state index is 0.207. The SMILES string of the molecule is COC1CC(C(=O)O)N(C(=O)N(C)CC2CCCOC2)C1. The molecular formula is C14H24N2O5. The Balaban J connectivity index is 1.94. The number of carboxylic acids is 1. The first-order chi connectivity index (χ1) is 10.0. The fourth-order valence-corrected chi connectivity index (χ4v) is 3.05. The molecule has 1 N–H and O–H groups in total. The summed E-state index contributed by atoms with van der Waals surface area (Å²) in [6.07, 6.45) is 2.19. The first-order valence-electron chi connectivity index (χ1n) is 7.38. The molecule has 0 aromatic heterocycles. The Labute approximate surface area is 124 Å². The number of nitrogens with zero attached hydrogens (tertiary/aromatic N) is 2. The van der Waals surface area contributed by atoms with Crippen LogP contribution in [0.4, 0.5) is 4.79 Å². The molecule has 0 saturated carbocycles. The topological polar surface area (TPSA) is 79.3 Å². The van der Waals surface area contributed by atoms with Crippen molar-refractivity contribution in [3.05, 3.63) is 0 Å². The maximum absolute atomic E-state index is 12.5. The molecule has 0 aromatic rings. The van der Waals surface area contributed by atoms with Crippen molar-refractivity contribution < 1.29 is 24.2 Å². The lowest BCUT2D eigenvalue weighted by Crippen LogP contribution is -2.48. The maximum atomic E-state index is 12.5. The van der Waals surface area contributed by atoms with Crippen molar-refractivity contribution in [3.8, 4) is 0 Å². The number of hydrogen-bond acceptors (Lipinski definition) is 4. The van der Waals surface area contributed by atoms with Gasteiger partial charge in [0.15, 0.2) is 0 Å². The number of rotatable bonds is 4. The van der Waals surface area contributed by atoms with Crippen LogP contribution in [0, 0.1) is 5.92 Å². The van der Waals surface area contributed by atoms with Gasteiger partial charge in [0, 0.05) is 46.2 Å². The molecule has 2 amide bonds. The van der Waals surface area contributed by atoms with Gasteiger partial charge in [0.25, 0.3) is 0 Å². The number of urea groups is 1. The Hall–Kier alpha value is -1.34. The van der Waals surface area contributed by atoms with Crippen LogP contribution in [0.3, 0.4) is 0 Å². The summed E-state index contributed by atoms with van der Waals surface area (Å²) in [4.78, 5) is 26.8. The van der Waals surface area contributed by atoms with E-state index in [2.05, 4.69) is 0 Å². The molecule has 2 heterocycles. The Bertz CT molecular complexity index is 384. The highest BCUT2D eigenvalue weighted by molar-refractivity contribution is 5.83. The molecule has 0 bridgehead atoms. The molecule has 120 valence electrons. The zero-order valence-electron chi connectivity index (χ0n) is 12.7. The monoisotopic (exact) mass is 300 g/mol. The molecule has 2 fully saturated rings. The summed E-state index contributed by atoms with van der Waals surface area (Å²) in [7, 11) is 3.26. The lowest BCUT2D eigenvalue weighted by atomic mass is 10.0. The number of hydrogen-bond donors (Lipinski definition) is 1. The summed E-state index contributed by atoms with van der Waals surface area (Å²) in [6.45, 7) is 2.38. The van der Waals surface area contributed by atoms with Crippen molar-refractivity contribution >= 4 is 12.0 Å². The van der Waals surface area contributed by atoms with Gasteiger partial charge in [-0.3, -0.25) is 0 Å². The standard InChI is InChI=1S/C14H24N2O5/c1-15(7-10-4-3-5-21-9-10)14(19)16-8-11(20-2)6-12(16)13(17)18/h10-12H,3-9H2,1-2H3,(H,17,18). The van der Waals surface area contributed by atoms with Gasteiger partial charge in [-0.25, -0.2) is 9.59 Å². The zero-order chi connectivity index (χ0) is 15.4. The van der Waals surface area contributed by atoms with Gasteiger partial charge in [-0.1, -0.05) is 0 Å². The number of ether oxygens (including phenoxy) is 2. The summed E-state index contributed by atoms with van der Waals surface area (Å²) in [6, 6.07) is -1.04. The fourth-order valence-electron chi connectivity index (χ4n) is 3.05. The Morgan fingerprint density at radius 1 is 1.48 bits per heavy atom. The van der Waals surface area contributed by atoms with Gasteiger partial charge in [-0.05, 0) is 12.8 Å². The predicted molar refractivity (Wildman–Crippen MR) is 75.1 cm³/mol. The minimum atomic E-state index is -0.975. The van der Waals surface area contributed by atoms with Crippen molar-refractivity contribution in [1.82, 2.24) is 9.80 Å². The predicted octanol–water partition coefficient (Wildman–Crippen LogP) is 0.639. The van der Waals surface area contributed by atoms with Gasteiger partial charge in [0.1, 0.15) is 6.04 Å². The molecule has 0 radical (unpaired) electrons. The van der Waals surface area contributed by atoms with Crippen LogP contribution in [0.1, 0.15) is 19.3 Å². The summed E-state index contributed by atoms with van der Waals surface area (Å²) in [5.41, 5.74) is 0. The third-order valence-corrected chi connectivity index (χ3v) is 4.24. The zero-order valence-corrected chi connectivity index (χ0v) is 12.7. The number of likely N-dealkylation sites (tertiary alicyclic amines) is 1. The van der Waals surface area contributed by atoms with E-state index in [9.17, 15) is 14.7 Å². The molecule has 0 aliphatic carbocycles. The highest BCUT2D eigenvalue weighted by atomic mass is 16.5. The highest BCUT2D eigenvalue weighted by Crippen LogP contribution is 2.22. The molecule has 21 heavy (non-hydrogen) atoms. The van der Waals surface area contributed by atoms with Gasteiger partial charge >= 0.3 is 12.0 Å². The van der Waals surface area contributed by atoms with Crippen LogP contribution < -0.4 is 0 Å². The molecule has 3 atom stereocenters. The number of carbonyl (C=O) groups excluding carboxylic acids is 1. The lowest BCUT2D eigenvalue weighted by molar-refractivity contribution is -0.141. The van der Waals surface area contributed by atoms with Crippen molar-refractivity contribution in [2.24, 2.45) is 5.92 Å². The molecule has 2 aliphatic rings. The molecular weight excluding hydrogens is 276 g/mol. The van der Waals surface area contributed by atoms with Crippen molar-refractivity contribution in [2.45, 2.75) is 31.4 Å². The second-order valence-corrected chi connectivity index (χ2v) is 5.85. The largest absolute Gasteiger partial charge is 0.480 e. The Morgan fingerprint density at radius 2 is 2.24 bits per heavy atom. The average Bonchev–Trinajstić information content (AvgIpc) is 2.92. The second-order valence-electron chi connectivity index (χ2n) is 5.85. The molecule has 2 rings (SSSR count). The second kappa shape index (κ2) is 7.09. The quantitative estimate of drug-likeness (QED) is 0.824. The van der Waals surface area contributed by atoms with Crippen LogP contribution in [0.15, 0.2) is 0 Å². The van der Waals surface area contributed by atoms with Crippen LogP contribution in [-0.2, 0) is 14.3 Å². The van der Waals surface area contributed by atoms with Crippen LogP contribution >= 0.6 is 0 Å².